The van der Waals surface area contributed by atoms with Gasteiger partial charge in [-0.05, 0) is 12.1 Å². The summed E-state index contributed by atoms with van der Waals surface area (Å²) >= 11 is 0. The maximum atomic E-state index is 12.2. The standard InChI is InChI=1S/C18H24N7O14P3/c1-10-23-16(19)12(3-2-6-21-17(27)11-4-5-14(24-20)22-8-11)9-25(10)15-7-13(26)18(35-15)36-37-41(31,32)39-42(33,34)38-40(28,29)30/h4-5,8-9,13,15,18,26H,1,6-7,20H2,(H2,19,23)(H,21,27)(H,22,24)(H,31,32)(H,33,34)(H2,28,29,30). The Bertz CT molecular complexity index is 1470. The maximum absolute atomic E-state index is 12.2. The third-order valence-electron chi connectivity index (χ3n) is 4.83. The summed E-state index contributed by atoms with van der Waals surface area (Å²) in [4.78, 5) is 61.7. The van der Waals surface area contributed by atoms with E-state index in [9.17, 15) is 33.4 Å². The van der Waals surface area contributed by atoms with Gasteiger partial charge in [-0.3, -0.25) is 4.79 Å². The molecule has 0 bridgehead atoms. The third kappa shape index (κ3) is 9.78. The fourth-order valence-electron chi connectivity index (χ4n) is 3.14. The highest BCUT2D eigenvalue weighted by molar-refractivity contribution is 7.66. The second-order valence-electron chi connectivity index (χ2n) is 7.95. The van der Waals surface area contributed by atoms with E-state index >= 15 is 0 Å². The van der Waals surface area contributed by atoms with Crippen LogP contribution >= 0.6 is 23.5 Å². The number of carbonyl (C=O) groups excluding carboxylic acids is 1. The van der Waals surface area contributed by atoms with Crippen LogP contribution in [0, 0.1) is 11.8 Å². The average molecular weight is 655 g/mol. The molecule has 11 N–H and O–H groups in total. The van der Waals surface area contributed by atoms with Crippen LogP contribution < -0.4 is 22.3 Å². The highest BCUT2D eigenvalue weighted by Gasteiger charge is 2.44. The largest absolute Gasteiger partial charge is 0.508 e. The van der Waals surface area contributed by atoms with Crippen LogP contribution in [0.3, 0.4) is 0 Å². The zero-order valence-corrected chi connectivity index (χ0v) is 23.6. The lowest BCUT2D eigenvalue weighted by Crippen LogP contribution is -2.34. The van der Waals surface area contributed by atoms with Gasteiger partial charge in [-0.2, -0.15) is 13.5 Å². The van der Waals surface area contributed by atoms with Crippen molar-refractivity contribution in [1.82, 2.24) is 15.2 Å². The highest BCUT2D eigenvalue weighted by atomic mass is 31.3. The van der Waals surface area contributed by atoms with Crippen molar-refractivity contribution < 1.29 is 66.1 Å². The van der Waals surface area contributed by atoms with Crippen molar-refractivity contribution in [2.75, 3.05) is 12.0 Å². The molecule has 24 heteroatoms. The number of carbonyl (C=O) groups is 1. The van der Waals surface area contributed by atoms with E-state index in [-0.39, 0.29) is 35.8 Å². The highest BCUT2D eigenvalue weighted by Crippen LogP contribution is 2.66. The fourth-order valence-corrected chi connectivity index (χ4v) is 5.95. The minimum Gasteiger partial charge on any atom is -0.388 e. The molecule has 21 nitrogen and oxygen atoms in total. The number of aromatic nitrogens is 1. The molecule has 1 aromatic heterocycles. The molecule has 3 heterocycles. The lowest BCUT2D eigenvalue weighted by molar-refractivity contribution is -0.339. The Kier molecular flexibility index (Phi) is 10.8. The van der Waals surface area contributed by atoms with Crippen molar-refractivity contribution in [3.8, 4) is 11.8 Å². The van der Waals surface area contributed by atoms with Crippen molar-refractivity contribution >= 4 is 41.0 Å². The van der Waals surface area contributed by atoms with Gasteiger partial charge in [0.05, 0.1) is 17.7 Å². The molecule has 230 valence electrons. The number of amides is 1. The molecule has 1 saturated heterocycles. The van der Waals surface area contributed by atoms with E-state index in [1.165, 1.54) is 29.4 Å². The summed E-state index contributed by atoms with van der Waals surface area (Å²) in [5.41, 5.74) is 8.67. The van der Waals surface area contributed by atoms with Crippen molar-refractivity contribution in [3.63, 3.8) is 0 Å². The Balaban J connectivity index is 1.59. The Morgan fingerprint density at radius 3 is 2.55 bits per heavy atom. The van der Waals surface area contributed by atoms with E-state index in [4.69, 9.17) is 26.1 Å². The number of rotatable bonds is 11. The number of ether oxygens (including phenoxy) is 1. The Morgan fingerprint density at radius 1 is 1.21 bits per heavy atom. The first-order valence-corrected chi connectivity index (χ1v) is 15.6. The number of hydrogen-bond acceptors (Lipinski definition) is 16. The van der Waals surface area contributed by atoms with Crippen LogP contribution in [-0.2, 0) is 36.6 Å². The van der Waals surface area contributed by atoms with E-state index in [0.29, 0.717) is 5.82 Å². The minimum atomic E-state index is -5.79. The summed E-state index contributed by atoms with van der Waals surface area (Å²) in [5, 5.41) is 12.8. The van der Waals surface area contributed by atoms with Gasteiger partial charge in [0.25, 0.3) is 5.91 Å². The van der Waals surface area contributed by atoms with Crippen LogP contribution in [-0.4, -0.2) is 71.5 Å². The Labute approximate surface area is 236 Å². The predicted molar refractivity (Wildman–Crippen MR) is 138 cm³/mol. The number of nitrogens with zero attached hydrogens (tertiary/aromatic N) is 3. The van der Waals surface area contributed by atoms with Crippen LogP contribution in [0.2, 0.25) is 0 Å². The van der Waals surface area contributed by atoms with Crippen molar-refractivity contribution in [1.29, 1.82) is 0 Å². The third-order valence-corrected chi connectivity index (χ3v) is 8.43. The van der Waals surface area contributed by atoms with Gasteiger partial charge in [0.2, 0.25) is 6.29 Å². The molecule has 0 aromatic carbocycles. The van der Waals surface area contributed by atoms with Crippen LogP contribution in [0.25, 0.3) is 0 Å². The van der Waals surface area contributed by atoms with Crippen molar-refractivity contribution in [2.24, 2.45) is 16.6 Å². The van der Waals surface area contributed by atoms with Crippen LogP contribution in [0.1, 0.15) is 16.8 Å². The number of nitrogen functional groups attached to an aromatic ring is 1. The van der Waals surface area contributed by atoms with Gasteiger partial charge in [0.15, 0.2) is 0 Å². The number of anilines is 1. The van der Waals surface area contributed by atoms with E-state index in [2.05, 4.69) is 57.3 Å². The van der Waals surface area contributed by atoms with Crippen LogP contribution in [0.5, 0.6) is 0 Å². The van der Waals surface area contributed by atoms with Crippen LogP contribution in [0.4, 0.5) is 5.82 Å². The molecule has 0 spiro atoms. The number of aliphatic hydroxyl groups is 1. The molecule has 1 fully saturated rings. The number of aliphatic imine (C=N–C) groups is 1. The molecule has 0 saturated carbocycles. The molecule has 0 aliphatic carbocycles. The number of nitrogens with two attached hydrogens (primary N) is 2. The summed E-state index contributed by atoms with van der Waals surface area (Å²) < 4.78 is 50.5. The van der Waals surface area contributed by atoms with Gasteiger partial charge in [-0.25, -0.2) is 29.5 Å². The molecule has 5 atom stereocenters. The summed E-state index contributed by atoms with van der Waals surface area (Å²) in [7, 11) is -17.0. The number of phosphoric acid groups is 3. The molecule has 1 aromatic rings. The maximum Gasteiger partial charge on any atom is 0.508 e. The normalized spacial score (nSPS) is 23.5. The summed E-state index contributed by atoms with van der Waals surface area (Å²) in [6.45, 7) is 3.62. The molecule has 1 amide bonds. The smallest absolute Gasteiger partial charge is 0.388 e. The number of pyridine rings is 1. The zero-order valence-electron chi connectivity index (χ0n) is 20.9. The predicted octanol–water partition coefficient (Wildman–Crippen LogP) is -1.16. The molecule has 2 aliphatic rings. The fraction of sp³-hybridized carbons (Fsp3) is 0.278. The van der Waals surface area contributed by atoms with Gasteiger partial charge >= 0.3 is 23.5 Å². The summed E-state index contributed by atoms with van der Waals surface area (Å²) in [6.07, 6.45) is -1.91. The van der Waals surface area contributed by atoms with Gasteiger partial charge in [-0.1, -0.05) is 18.4 Å². The number of amidine groups is 1. The number of aliphatic hydroxyl groups excluding tert-OH is 1. The molecular formula is C18H24N7O14P3. The van der Waals surface area contributed by atoms with Gasteiger partial charge < -0.3 is 50.8 Å². The zero-order chi connectivity index (χ0) is 31.3. The number of hydrazine groups is 1. The van der Waals surface area contributed by atoms with E-state index in [1.807, 2.05) is 0 Å². The lowest BCUT2D eigenvalue weighted by atomic mass is 10.2. The molecule has 2 aliphatic heterocycles. The topological polar surface area (TPSA) is 320 Å². The first kappa shape index (κ1) is 33.5. The summed E-state index contributed by atoms with van der Waals surface area (Å²) in [5.74, 6) is 10.6. The summed E-state index contributed by atoms with van der Waals surface area (Å²) in [6, 6.07) is 3.00. The Hall–Kier alpha value is -3.02. The molecule has 3 rings (SSSR count). The first-order chi connectivity index (χ1) is 19.5. The lowest BCUT2D eigenvalue weighted by Gasteiger charge is -2.29. The average Bonchev–Trinajstić information content (AvgIpc) is 3.24. The van der Waals surface area contributed by atoms with Crippen molar-refractivity contribution in [2.45, 2.75) is 25.0 Å². The second kappa shape index (κ2) is 13.5. The van der Waals surface area contributed by atoms with E-state index < -0.39 is 48.0 Å². The number of hydrogen-bond donors (Lipinski definition) is 9. The van der Waals surface area contributed by atoms with E-state index in [1.54, 1.807) is 0 Å². The van der Waals surface area contributed by atoms with Crippen molar-refractivity contribution in [3.05, 3.63) is 48.1 Å². The first-order valence-electron chi connectivity index (χ1n) is 11.0. The molecule has 42 heavy (non-hydrogen) atoms. The molecule has 5 unspecified atom stereocenters. The molecule has 0 radical (unpaired) electrons. The van der Waals surface area contributed by atoms with E-state index in [0.717, 1.165) is 0 Å². The number of nitrogens with one attached hydrogen (secondary N) is 2. The van der Waals surface area contributed by atoms with Gasteiger partial charge in [0.1, 0.15) is 29.8 Å². The monoisotopic (exact) mass is 655 g/mol. The second-order valence-corrected chi connectivity index (χ2v) is 12.3. The minimum absolute atomic E-state index is 0.0249. The van der Waals surface area contributed by atoms with Gasteiger partial charge in [-0.15, -0.1) is 4.67 Å². The SMILES string of the molecule is C=C1N=C(N)C(C#CCNC(=O)c2ccc(NN)nc2)=CN1C1CC(O)C(OOP(=O)(O)OP(=O)(O)OP(=O)(O)O)O1. The Morgan fingerprint density at radius 2 is 1.93 bits per heavy atom. The molecular weight excluding hydrogens is 631 g/mol. The quantitative estimate of drug-likeness (QED) is 0.0446. The van der Waals surface area contributed by atoms with Gasteiger partial charge in [0, 0.05) is 18.8 Å². The van der Waals surface area contributed by atoms with Crippen LogP contribution in [0.15, 0.2) is 47.5 Å².